The minimum absolute atomic E-state index is 0.490. The van der Waals surface area contributed by atoms with Gasteiger partial charge >= 0.3 is 0 Å². The third kappa shape index (κ3) is 5.34. The smallest absolute Gasteiger partial charge is 0.160 e. The molecule has 11 aromatic rings. The number of fused-ring (bicyclic) bond motifs is 8. The van der Waals surface area contributed by atoms with Crippen LogP contribution >= 0.6 is 0 Å². The third-order valence-corrected chi connectivity index (χ3v) is 13.5. The highest BCUT2D eigenvalue weighted by Crippen LogP contribution is 2.57. The molecule has 0 bridgehead atoms. The quantitative estimate of drug-likeness (QED) is 0.159. The molecule has 0 spiro atoms. The van der Waals surface area contributed by atoms with E-state index in [1.807, 2.05) is 6.07 Å². The van der Waals surface area contributed by atoms with Gasteiger partial charge in [0.1, 0.15) is 0 Å². The standard InChI is InChI=1S/C61H40N2O/c1-4-19-44(20-5-1)61(45-21-6-2-7-22-45)54-27-12-10-25-50(54)51-36-35-48(40-55(51)61)62(46-23-8-3-9-24-46)47-33-31-41(32-34-47)42-17-16-18-43(39-42)49-37-38-53-52-26-11-13-28-56(52)63-57-29-14-15-30-58(57)64-60(49)59(53)63/h1-40H. The Hall–Kier alpha value is -8.40. The molecule has 64 heavy (non-hydrogen) atoms. The van der Waals surface area contributed by atoms with Crippen LogP contribution in [-0.4, -0.2) is 4.57 Å². The highest BCUT2D eigenvalue weighted by Gasteiger charge is 2.46. The Morgan fingerprint density at radius 3 is 1.78 bits per heavy atom. The molecule has 0 fully saturated rings. The van der Waals surface area contributed by atoms with Gasteiger partial charge in [0.15, 0.2) is 11.5 Å². The number of rotatable bonds is 7. The van der Waals surface area contributed by atoms with Crippen LogP contribution in [0.15, 0.2) is 243 Å². The second-order valence-corrected chi connectivity index (χ2v) is 16.8. The van der Waals surface area contributed by atoms with Gasteiger partial charge in [-0.25, -0.2) is 0 Å². The molecule has 1 aliphatic heterocycles. The molecule has 3 nitrogen and oxygen atoms in total. The molecule has 300 valence electrons. The van der Waals surface area contributed by atoms with Gasteiger partial charge in [-0.1, -0.05) is 176 Å². The van der Waals surface area contributed by atoms with Crippen molar-refractivity contribution >= 4 is 38.9 Å². The maximum absolute atomic E-state index is 6.82. The lowest BCUT2D eigenvalue weighted by Gasteiger charge is -2.35. The summed E-state index contributed by atoms with van der Waals surface area (Å²) < 4.78 is 9.19. The number of para-hydroxylation sites is 4. The zero-order valence-corrected chi connectivity index (χ0v) is 34.9. The van der Waals surface area contributed by atoms with Crippen LogP contribution in [0, 0.1) is 0 Å². The van der Waals surface area contributed by atoms with Crippen LogP contribution < -0.4 is 9.64 Å². The summed E-state index contributed by atoms with van der Waals surface area (Å²) in [5.41, 5.74) is 18.3. The van der Waals surface area contributed by atoms with Crippen molar-refractivity contribution in [3.63, 3.8) is 0 Å². The van der Waals surface area contributed by atoms with Crippen LogP contribution in [-0.2, 0) is 5.41 Å². The molecule has 13 rings (SSSR count). The van der Waals surface area contributed by atoms with Gasteiger partial charge in [0, 0.05) is 33.4 Å². The molecular formula is C61H40N2O. The first-order chi connectivity index (χ1) is 31.8. The van der Waals surface area contributed by atoms with E-state index in [2.05, 4.69) is 246 Å². The molecule has 0 saturated heterocycles. The second kappa shape index (κ2) is 14.3. The fraction of sp³-hybridized carbons (Fsp3) is 0.0164. The van der Waals surface area contributed by atoms with Crippen LogP contribution in [0.4, 0.5) is 17.1 Å². The van der Waals surface area contributed by atoms with E-state index in [1.54, 1.807) is 0 Å². The lowest BCUT2D eigenvalue weighted by molar-refractivity contribution is 0.478. The maximum atomic E-state index is 6.82. The summed E-state index contributed by atoms with van der Waals surface area (Å²) in [5.74, 6) is 1.75. The summed E-state index contributed by atoms with van der Waals surface area (Å²) in [7, 11) is 0. The molecule has 1 aromatic heterocycles. The van der Waals surface area contributed by atoms with E-state index >= 15 is 0 Å². The van der Waals surface area contributed by atoms with E-state index in [-0.39, 0.29) is 0 Å². The van der Waals surface area contributed by atoms with E-state index in [4.69, 9.17) is 4.74 Å². The molecule has 0 N–H and O–H groups in total. The van der Waals surface area contributed by atoms with Crippen LogP contribution in [0.3, 0.4) is 0 Å². The third-order valence-electron chi connectivity index (χ3n) is 13.5. The second-order valence-electron chi connectivity index (χ2n) is 16.8. The number of nitrogens with zero attached hydrogens (tertiary/aromatic N) is 2. The van der Waals surface area contributed by atoms with E-state index in [0.717, 1.165) is 62.0 Å². The number of aromatic nitrogens is 1. The summed E-state index contributed by atoms with van der Waals surface area (Å²) in [6, 6.07) is 88.1. The van der Waals surface area contributed by atoms with Crippen molar-refractivity contribution in [1.29, 1.82) is 0 Å². The average molecular weight is 817 g/mol. The van der Waals surface area contributed by atoms with E-state index in [9.17, 15) is 0 Å². The molecule has 1 aliphatic carbocycles. The van der Waals surface area contributed by atoms with Gasteiger partial charge in [-0.05, 0) is 117 Å². The zero-order chi connectivity index (χ0) is 42.2. The minimum Gasteiger partial charge on any atom is -0.452 e. The van der Waals surface area contributed by atoms with E-state index in [1.165, 1.54) is 49.7 Å². The summed E-state index contributed by atoms with van der Waals surface area (Å²) in [5, 5.41) is 2.41. The Morgan fingerprint density at radius 2 is 0.984 bits per heavy atom. The van der Waals surface area contributed by atoms with Gasteiger partial charge < -0.3 is 14.2 Å². The summed E-state index contributed by atoms with van der Waals surface area (Å²) in [6.45, 7) is 0. The molecule has 0 radical (unpaired) electrons. The SMILES string of the molecule is c1ccc(N(c2ccc(-c3cccc(-c4ccc5c6ccccc6n6c5c4Oc4ccccc4-6)c3)cc2)c2ccc3c(c2)C(c2ccccc2)(c2ccccc2)c2ccccc2-3)cc1. The first-order valence-electron chi connectivity index (χ1n) is 22.0. The fourth-order valence-electron chi connectivity index (χ4n) is 10.7. The first-order valence-corrected chi connectivity index (χ1v) is 22.0. The van der Waals surface area contributed by atoms with Crippen molar-refractivity contribution < 1.29 is 4.74 Å². The molecule has 0 unspecified atom stereocenters. The number of benzene rings is 10. The monoisotopic (exact) mass is 816 g/mol. The van der Waals surface area contributed by atoms with Crippen molar-refractivity contribution in [2.24, 2.45) is 0 Å². The van der Waals surface area contributed by atoms with Crippen molar-refractivity contribution in [2.75, 3.05) is 4.90 Å². The number of anilines is 3. The number of hydrogen-bond acceptors (Lipinski definition) is 2. The summed E-state index contributed by atoms with van der Waals surface area (Å²) >= 11 is 0. The highest BCUT2D eigenvalue weighted by molar-refractivity contribution is 6.14. The van der Waals surface area contributed by atoms with Crippen LogP contribution in [0.2, 0.25) is 0 Å². The van der Waals surface area contributed by atoms with Gasteiger partial charge in [-0.3, -0.25) is 0 Å². The van der Waals surface area contributed by atoms with Gasteiger partial charge in [-0.2, -0.15) is 0 Å². The zero-order valence-electron chi connectivity index (χ0n) is 34.9. The minimum atomic E-state index is -0.490. The molecule has 0 saturated carbocycles. The topological polar surface area (TPSA) is 17.4 Å². The first kappa shape index (κ1) is 36.3. The normalized spacial score (nSPS) is 12.9. The lowest BCUT2D eigenvalue weighted by Crippen LogP contribution is -2.28. The van der Waals surface area contributed by atoms with E-state index < -0.39 is 5.41 Å². The Labute approximate surface area is 372 Å². The summed E-state index contributed by atoms with van der Waals surface area (Å²) in [4.78, 5) is 2.39. The molecule has 0 atom stereocenters. The maximum Gasteiger partial charge on any atom is 0.160 e. The van der Waals surface area contributed by atoms with E-state index in [0.29, 0.717) is 0 Å². The van der Waals surface area contributed by atoms with Crippen molar-refractivity contribution in [2.45, 2.75) is 5.41 Å². The molecule has 2 heterocycles. The lowest BCUT2D eigenvalue weighted by atomic mass is 9.67. The average Bonchev–Trinajstić information content (AvgIpc) is 3.87. The van der Waals surface area contributed by atoms with Gasteiger partial charge in [0.2, 0.25) is 0 Å². The van der Waals surface area contributed by atoms with Gasteiger partial charge in [-0.15, -0.1) is 0 Å². The molecule has 2 aliphatic rings. The van der Waals surface area contributed by atoms with Gasteiger partial charge in [0.05, 0.1) is 22.1 Å². The highest BCUT2D eigenvalue weighted by atomic mass is 16.5. The predicted molar refractivity (Wildman–Crippen MR) is 264 cm³/mol. The Balaban J connectivity index is 0.922. The fourth-order valence-corrected chi connectivity index (χ4v) is 10.7. The van der Waals surface area contributed by atoms with Crippen LogP contribution in [0.25, 0.3) is 60.9 Å². The van der Waals surface area contributed by atoms with Gasteiger partial charge in [0.25, 0.3) is 0 Å². The Kier molecular flexibility index (Phi) is 8.13. The Bertz CT molecular complexity index is 3530. The largest absolute Gasteiger partial charge is 0.452 e. The summed E-state index contributed by atoms with van der Waals surface area (Å²) in [6.07, 6.45) is 0. The van der Waals surface area contributed by atoms with Crippen molar-refractivity contribution in [3.8, 4) is 50.6 Å². The number of ether oxygens (including phenoxy) is 1. The molecule has 10 aromatic carbocycles. The number of hydrogen-bond donors (Lipinski definition) is 0. The van der Waals surface area contributed by atoms with Crippen LogP contribution in [0.1, 0.15) is 22.3 Å². The van der Waals surface area contributed by atoms with Crippen molar-refractivity contribution in [1.82, 2.24) is 4.57 Å². The molecule has 0 amide bonds. The van der Waals surface area contributed by atoms with Crippen LogP contribution in [0.5, 0.6) is 11.5 Å². The predicted octanol–water partition coefficient (Wildman–Crippen LogP) is 16.1. The molecule has 3 heteroatoms. The van der Waals surface area contributed by atoms with Crippen molar-refractivity contribution in [3.05, 3.63) is 265 Å². The molecular weight excluding hydrogens is 777 g/mol. The Morgan fingerprint density at radius 1 is 0.375 bits per heavy atom.